The number of piperidine rings is 1. The summed E-state index contributed by atoms with van der Waals surface area (Å²) < 4.78 is 0. The van der Waals surface area contributed by atoms with E-state index in [1.807, 2.05) is 4.90 Å². The zero-order valence-corrected chi connectivity index (χ0v) is 10.1. The molecule has 18 heavy (non-hydrogen) atoms. The Morgan fingerprint density at radius 3 is 3.00 bits per heavy atom. The van der Waals surface area contributed by atoms with E-state index in [1.165, 1.54) is 6.07 Å². The molecule has 1 saturated heterocycles. The number of nitrogens with two attached hydrogens (primary N) is 1. The lowest BCUT2D eigenvalue weighted by molar-refractivity contribution is -0.383. The van der Waals surface area contributed by atoms with Gasteiger partial charge in [-0.2, -0.15) is 0 Å². The molecule has 0 amide bonds. The van der Waals surface area contributed by atoms with Gasteiger partial charge in [0.25, 0.3) is 0 Å². The first-order valence-electron chi connectivity index (χ1n) is 6.02. The van der Waals surface area contributed by atoms with Crippen molar-refractivity contribution in [3.63, 3.8) is 0 Å². The largest absolute Gasteiger partial charge is 0.396 e. The molecular formula is C12H17N3O3. The van der Waals surface area contributed by atoms with Crippen molar-refractivity contribution in [1.82, 2.24) is 0 Å². The zero-order valence-electron chi connectivity index (χ0n) is 10.1. The van der Waals surface area contributed by atoms with Gasteiger partial charge >= 0.3 is 5.69 Å². The lowest BCUT2D eigenvalue weighted by Crippen LogP contribution is -2.37. The number of benzene rings is 1. The molecule has 1 heterocycles. The number of aliphatic hydroxyl groups is 1. The first-order chi connectivity index (χ1) is 8.63. The zero-order chi connectivity index (χ0) is 13.1. The lowest BCUT2D eigenvalue weighted by atomic mass is 9.98. The van der Waals surface area contributed by atoms with Crippen molar-refractivity contribution >= 4 is 17.1 Å². The second kappa shape index (κ2) is 5.22. The van der Waals surface area contributed by atoms with Gasteiger partial charge < -0.3 is 15.7 Å². The molecule has 0 aromatic heterocycles. The SMILES string of the molecule is Nc1cccc(N2CCCC(CO)C2)c1[N+](=O)[O-]. The summed E-state index contributed by atoms with van der Waals surface area (Å²) >= 11 is 0. The van der Waals surface area contributed by atoms with Crippen molar-refractivity contribution in [2.75, 3.05) is 30.3 Å². The van der Waals surface area contributed by atoms with Gasteiger partial charge in [-0.15, -0.1) is 0 Å². The molecule has 98 valence electrons. The normalized spacial score (nSPS) is 19.8. The molecule has 1 aliphatic heterocycles. The number of nitro groups is 1. The maximum Gasteiger partial charge on any atom is 0.315 e. The van der Waals surface area contributed by atoms with Gasteiger partial charge in [0.15, 0.2) is 0 Å². The molecule has 0 saturated carbocycles. The Balaban J connectivity index is 2.32. The molecule has 0 spiro atoms. The van der Waals surface area contributed by atoms with Crippen molar-refractivity contribution in [1.29, 1.82) is 0 Å². The minimum atomic E-state index is -0.437. The summed E-state index contributed by atoms with van der Waals surface area (Å²) in [6.07, 6.45) is 1.89. The van der Waals surface area contributed by atoms with E-state index in [2.05, 4.69) is 0 Å². The third kappa shape index (κ3) is 2.38. The molecule has 0 aliphatic carbocycles. The molecule has 1 aliphatic rings. The minimum absolute atomic E-state index is 0.0314. The van der Waals surface area contributed by atoms with Gasteiger partial charge in [0.1, 0.15) is 11.4 Å². The van der Waals surface area contributed by atoms with Crippen molar-refractivity contribution in [3.8, 4) is 0 Å². The van der Waals surface area contributed by atoms with E-state index in [0.717, 1.165) is 19.4 Å². The van der Waals surface area contributed by atoms with Crippen LogP contribution in [0.15, 0.2) is 18.2 Å². The minimum Gasteiger partial charge on any atom is -0.396 e. The van der Waals surface area contributed by atoms with Crippen LogP contribution in [0.25, 0.3) is 0 Å². The van der Waals surface area contributed by atoms with Crippen LogP contribution in [0.2, 0.25) is 0 Å². The highest BCUT2D eigenvalue weighted by atomic mass is 16.6. The Bertz CT molecular complexity index is 450. The van der Waals surface area contributed by atoms with Crippen LogP contribution in [0.5, 0.6) is 0 Å². The summed E-state index contributed by atoms with van der Waals surface area (Å²) in [5.74, 6) is 0.180. The van der Waals surface area contributed by atoms with Crippen molar-refractivity contribution < 1.29 is 10.0 Å². The van der Waals surface area contributed by atoms with Gasteiger partial charge in [0.2, 0.25) is 0 Å². The topological polar surface area (TPSA) is 92.6 Å². The molecule has 1 aromatic rings. The van der Waals surface area contributed by atoms with Gasteiger partial charge in [-0.05, 0) is 30.9 Å². The number of nitrogens with zero attached hydrogens (tertiary/aromatic N) is 2. The average Bonchev–Trinajstić information content (AvgIpc) is 2.38. The van der Waals surface area contributed by atoms with E-state index in [0.29, 0.717) is 12.2 Å². The van der Waals surface area contributed by atoms with E-state index in [1.54, 1.807) is 12.1 Å². The number of aliphatic hydroxyl groups excluding tert-OH is 1. The molecule has 6 nitrogen and oxygen atoms in total. The van der Waals surface area contributed by atoms with Crippen LogP contribution in [0.3, 0.4) is 0 Å². The summed E-state index contributed by atoms with van der Waals surface area (Å²) in [4.78, 5) is 12.6. The quantitative estimate of drug-likeness (QED) is 0.481. The Hall–Kier alpha value is -1.82. The van der Waals surface area contributed by atoms with Gasteiger partial charge in [-0.3, -0.25) is 10.1 Å². The molecule has 1 aromatic carbocycles. The van der Waals surface area contributed by atoms with Gasteiger partial charge in [0.05, 0.1) is 4.92 Å². The number of nitro benzene ring substituents is 1. The molecule has 0 radical (unpaired) electrons. The van der Waals surface area contributed by atoms with Crippen molar-refractivity contribution in [3.05, 3.63) is 28.3 Å². The molecule has 3 N–H and O–H groups in total. The lowest BCUT2D eigenvalue weighted by Gasteiger charge is -2.33. The molecular weight excluding hydrogens is 234 g/mol. The highest BCUT2D eigenvalue weighted by Crippen LogP contribution is 2.35. The standard InChI is InChI=1S/C12H17N3O3/c13-10-4-1-5-11(12(10)15(17)18)14-6-2-3-9(7-14)8-16/h1,4-5,9,16H,2-3,6-8,13H2. The third-order valence-electron chi connectivity index (χ3n) is 3.35. The Labute approximate surface area is 105 Å². The molecule has 0 bridgehead atoms. The summed E-state index contributed by atoms with van der Waals surface area (Å²) in [5, 5.41) is 20.3. The fourth-order valence-electron chi connectivity index (χ4n) is 2.44. The summed E-state index contributed by atoms with van der Waals surface area (Å²) in [6, 6.07) is 4.98. The highest BCUT2D eigenvalue weighted by molar-refractivity contribution is 5.75. The third-order valence-corrected chi connectivity index (χ3v) is 3.35. The number of para-hydroxylation sites is 1. The first kappa shape index (κ1) is 12.6. The second-order valence-corrected chi connectivity index (χ2v) is 4.61. The predicted molar refractivity (Wildman–Crippen MR) is 69.5 cm³/mol. The van der Waals surface area contributed by atoms with E-state index >= 15 is 0 Å². The Kier molecular flexibility index (Phi) is 3.66. The highest BCUT2D eigenvalue weighted by Gasteiger charge is 2.26. The molecule has 2 rings (SSSR count). The predicted octanol–water partition coefficient (Wildman–Crippen LogP) is 1.39. The monoisotopic (exact) mass is 251 g/mol. The number of nitrogen functional groups attached to an aromatic ring is 1. The van der Waals surface area contributed by atoms with Gasteiger partial charge in [-0.1, -0.05) is 6.07 Å². The fourth-order valence-corrected chi connectivity index (χ4v) is 2.44. The Morgan fingerprint density at radius 1 is 1.56 bits per heavy atom. The summed E-state index contributed by atoms with van der Waals surface area (Å²) in [5.41, 5.74) is 6.38. The fraction of sp³-hybridized carbons (Fsp3) is 0.500. The molecule has 1 atom stereocenters. The van der Waals surface area contributed by atoms with Crippen LogP contribution in [0, 0.1) is 16.0 Å². The molecule has 1 fully saturated rings. The van der Waals surface area contributed by atoms with E-state index in [9.17, 15) is 15.2 Å². The van der Waals surface area contributed by atoms with Gasteiger partial charge in [0, 0.05) is 19.7 Å². The molecule has 6 heteroatoms. The van der Waals surface area contributed by atoms with E-state index < -0.39 is 4.92 Å². The first-order valence-corrected chi connectivity index (χ1v) is 6.02. The van der Waals surface area contributed by atoms with Crippen LogP contribution < -0.4 is 10.6 Å². The van der Waals surface area contributed by atoms with Crippen LogP contribution in [0.4, 0.5) is 17.1 Å². The number of rotatable bonds is 3. The maximum atomic E-state index is 11.1. The molecule has 1 unspecified atom stereocenters. The maximum absolute atomic E-state index is 11.1. The van der Waals surface area contributed by atoms with E-state index in [-0.39, 0.29) is 23.9 Å². The summed E-state index contributed by atoms with van der Waals surface area (Å²) in [6.45, 7) is 1.52. The average molecular weight is 251 g/mol. The number of hydrogen-bond donors (Lipinski definition) is 2. The van der Waals surface area contributed by atoms with Crippen LogP contribution >= 0.6 is 0 Å². The van der Waals surface area contributed by atoms with Crippen LogP contribution in [0.1, 0.15) is 12.8 Å². The van der Waals surface area contributed by atoms with Crippen molar-refractivity contribution in [2.24, 2.45) is 5.92 Å². The number of hydrogen-bond acceptors (Lipinski definition) is 5. The van der Waals surface area contributed by atoms with Gasteiger partial charge in [-0.25, -0.2) is 0 Å². The smallest absolute Gasteiger partial charge is 0.315 e. The number of anilines is 2. The van der Waals surface area contributed by atoms with Crippen molar-refractivity contribution in [2.45, 2.75) is 12.8 Å². The Morgan fingerprint density at radius 2 is 2.33 bits per heavy atom. The van der Waals surface area contributed by atoms with Crippen LogP contribution in [-0.2, 0) is 0 Å². The van der Waals surface area contributed by atoms with E-state index in [4.69, 9.17) is 5.73 Å². The summed E-state index contributed by atoms with van der Waals surface area (Å²) in [7, 11) is 0. The second-order valence-electron chi connectivity index (χ2n) is 4.61. The van der Waals surface area contributed by atoms with Crippen LogP contribution in [-0.4, -0.2) is 29.7 Å².